The molecule has 0 fully saturated rings. The zero-order chi connectivity index (χ0) is 19.3. The molecule has 0 aliphatic heterocycles. The number of carboxylic acids is 1. The van der Waals surface area contributed by atoms with Crippen molar-refractivity contribution >= 4 is 28.8 Å². The summed E-state index contributed by atoms with van der Waals surface area (Å²) < 4.78 is 9.85. The van der Waals surface area contributed by atoms with Gasteiger partial charge in [0.05, 0.1) is 5.56 Å². The molecule has 0 bridgehead atoms. The molecule has 0 aliphatic carbocycles. The van der Waals surface area contributed by atoms with Gasteiger partial charge in [-0.3, -0.25) is 9.69 Å². The normalized spacial score (nSPS) is 11.0. The second kappa shape index (κ2) is 7.86. The number of aliphatic carboxylic acids is 1. The molecule has 7 nitrogen and oxygen atoms in total. The number of amides is 1. The number of rotatable bonds is 5. The lowest BCUT2D eigenvalue weighted by molar-refractivity contribution is -0.139. The van der Waals surface area contributed by atoms with Gasteiger partial charge in [-0.25, -0.2) is 9.59 Å². The highest BCUT2D eigenvalue weighted by Crippen LogP contribution is 2.17. The van der Waals surface area contributed by atoms with Gasteiger partial charge in [-0.1, -0.05) is 30.3 Å². The quantitative estimate of drug-likeness (QED) is 0.650. The van der Waals surface area contributed by atoms with Crippen molar-refractivity contribution in [3.8, 4) is 0 Å². The van der Waals surface area contributed by atoms with Crippen LogP contribution >= 0.6 is 0 Å². The van der Waals surface area contributed by atoms with Crippen molar-refractivity contribution in [2.75, 3.05) is 13.3 Å². The van der Waals surface area contributed by atoms with Crippen LogP contribution in [0.3, 0.4) is 0 Å². The maximum Gasteiger partial charge on any atom is 0.413 e. The maximum atomic E-state index is 12.1. The Kier molecular flexibility index (Phi) is 5.82. The molecule has 0 saturated carbocycles. The number of esters is 1. The maximum absolute atomic E-state index is 12.1. The molecule has 26 heavy (non-hydrogen) atoms. The Hall–Kier alpha value is -3.09. The Balaban J connectivity index is 1.95. The Labute approximate surface area is 151 Å². The van der Waals surface area contributed by atoms with Gasteiger partial charge >= 0.3 is 18.0 Å². The second-order valence-electron chi connectivity index (χ2n) is 6.67. The lowest BCUT2D eigenvalue weighted by Gasteiger charge is -2.33. The summed E-state index contributed by atoms with van der Waals surface area (Å²) >= 11 is 0. The molecular formula is C19H21NO6. The van der Waals surface area contributed by atoms with Crippen LogP contribution in [0.15, 0.2) is 42.5 Å². The summed E-state index contributed by atoms with van der Waals surface area (Å²) in [5, 5.41) is 10.8. The van der Waals surface area contributed by atoms with Crippen molar-refractivity contribution in [3.05, 3.63) is 48.0 Å². The number of fused-ring (bicyclic) bond motifs is 1. The van der Waals surface area contributed by atoms with Crippen LogP contribution in [-0.2, 0) is 14.3 Å². The van der Waals surface area contributed by atoms with Gasteiger partial charge in [0.15, 0.2) is 0 Å². The van der Waals surface area contributed by atoms with E-state index in [1.807, 2.05) is 24.3 Å². The summed E-state index contributed by atoms with van der Waals surface area (Å²) in [7, 11) is 0. The van der Waals surface area contributed by atoms with Gasteiger partial charge < -0.3 is 14.6 Å². The molecule has 0 atom stereocenters. The van der Waals surface area contributed by atoms with Gasteiger partial charge in [0.1, 0.15) is 6.54 Å². The van der Waals surface area contributed by atoms with Gasteiger partial charge in [-0.05, 0) is 43.7 Å². The average Bonchev–Trinajstić information content (AvgIpc) is 2.57. The monoisotopic (exact) mass is 359 g/mol. The molecule has 2 aromatic rings. The van der Waals surface area contributed by atoms with Crippen LogP contribution in [0.1, 0.15) is 31.1 Å². The smallest absolute Gasteiger partial charge is 0.413 e. The van der Waals surface area contributed by atoms with Crippen molar-refractivity contribution in [2.24, 2.45) is 0 Å². The van der Waals surface area contributed by atoms with Crippen molar-refractivity contribution in [3.63, 3.8) is 0 Å². The van der Waals surface area contributed by atoms with Crippen LogP contribution in [0.2, 0.25) is 0 Å². The Morgan fingerprint density at radius 1 is 1.00 bits per heavy atom. The summed E-state index contributed by atoms with van der Waals surface area (Å²) in [6.07, 6.45) is -0.869. The van der Waals surface area contributed by atoms with E-state index in [4.69, 9.17) is 14.6 Å². The number of nitrogens with zero attached hydrogens (tertiary/aromatic N) is 1. The topological polar surface area (TPSA) is 93.1 Å². The summed E-state index contributed by atoms with van der Waals surface area (Å²) in [5.41, 5.74) is -0.421. The number of carbonyl (C=O) groups is 3. The first-order valence-corrected chi connectivity index (χ1v) is 8.00. The predicted molar refractivity (Wildman–Crippen MR) is 94.8 cm³/mol. The lowest BCUT2D eigenvalue weighted by Crippen LogP contribution is -2.48. The molecule has 7 heteroatoms. The van der Waals surface area contributed by atoms with Crippen LogP contribution in [-0.4, -0.2) is 46.9 Å². The van der Waals surface area contributed by atoms with Crippen molar-refractivity contribution < 1.29 is 29.0 Å². The molecule has 0 saturated heterocycles. The van der Waals surface area contributed by atoms with E-state index < -0.39 is 36.9 Å². The molecule has 0 heterocycles. The van der Waals surface area contributed by atoms with E-state index in [0.717, 1.165) is 15.7 Å². The van der Waals surface area contributed by atoms with Crippen molar-refractivity contribution in [1.29, 1.82) is 0 Å². The molecule has 0 aromatic heterocycles. The predicted octanol–water partition coefficient (Wildman–Crippen LogP) is 3.28. The summed E-state index contributed by atoms with van der Waals surface area (Å²) in [6.45, 7) is 3.92. The van der Waals surface area contributed by atoms with Gasteiger partial charge in [-0.2, -0.15) is 0 Å². The molecule has 0 radical (unpaired) electrons. The third-order valence-electron chi connectivity index (χ3n) is 3.68. The van der Waals surface area contributed by atoms with E-state index in [1.165, 1.54) is 0 Å². The minimum absolute atomic E-state index is 0.331. The van der Waals surface area contributed by atoms with Crippen LogP contribution in [0.5, 0.6) is 0 Å². The van der Waals surface area contributed by atoms with E-state index in [9.17, 15) is 14.4 Å². The van der Waals surface area contributed by atoms with Crippen molar-refractivity contribution in [1.82, 2.24) is 4.90 Å². The molecule has 0 unspecified atom stereocenters. The fourth-order valence-electron chi connectivity index (χ4n) is 2.32. The van der Waals surface area contributed by atoms with E-state index in [-0.39, 0.29) is 0 Å². The van der Waals surface area contributed by atoms with E-state index in [2.05, 4.69) is 0 Å². The van der Waals surface area contributed by atoms with Gasteiger partial charge in [0.25, 0.3) is 0 Å². The third-order valence-corrected chi connectivity index (χ3v) is 3.68. The summed E-state index contributed by atoms with van der Waals surface area (Å²) in [4.78, 5) is 36.1. The van der Waals surface area contributed by atoms with E-state index in [0.29, 0.717) is 5.56 Å². The number of benzene rings is 2. The molecular weight excluding hydrogens is 338 g/mol. The van der Waals surface area contributed by atoms with Gasteiger partial charge in [-0.15, -0.1) is 0 Å². The molecule has 2 aromatic carbocycles. The molecule has 1 N–H and O–H groups in total. The fourth-order valence-corrected chi connectivity index (χ4v) is 2.32. The zero-order valence-corrected chi connectivity index (χ0v) is 14.9. The highest BCUT2D eigenvalue weighted by molar-refractivity contribution is 5.95. The molecule has 0 spiro atoms. The molecule has 0 aliphatic rings. The lowest BCUT2D eigenvalue weighted by atomic mass is 10.1. The molecule has 1 amide bonds. The number of hydrogen-bond donors (Lipinski definition) is 1. The average molecular weight is 359 g/mol. The van der Waals surface area contributed by atoms with Crippen molar-refractivity contribution in [2.45, 2.75) is 26.3 Å². The summed E-state index contributed by atoms with van der Waals surface area (Å²) in [6, 6.07) is 12.7. The largest absolute Gasteiger partial charge is 0.480 e. The summed E-state index contributed by atoms with van der Waals surface area (Å²) in [5.74, 6) is -1.80. The standard InChI is InChI=1S/C19H21NO6/c1-19(2,3)20(11-16(21)22)18(24)26-12-25-17(23)15-9-8-13-6-4-5-7-14(13)10-15/h4-10H,11-12H2,1-3H3,(H,21,22). The number of carboxylic acid groups (broad SMARTS) is 1. The first kappa shape index (κ1) is 19.2. The first-order chi connectivity index (χ1) is 12.2. The van der Waals surface area contributed by atoms with Gasteiger partial charge in [0, 0.05) is 5.54 Å². The minimum Gasteiger partial charge on any atom is -0.480 e. The number of hydrogen-bond acceptors (Lipinski definition) is 5. The van der Waals surface area contributed by atoms with Crippen LogP contribution < -0.4 is 0 Å². The van der Waals surface area contributed by atoms with Crippen LogP contribution in [0.4, 0.5) is 4.79 Å². The second-order valence-corrected chi connectivity index (χ2v) is 6.67. The Bertz CT molecular complexity index is 824. The number of carbonyl (C=O) groups excluding carboxylic acids is 2. The minimum atomic E-state index is -1.16. The fraction of sp³-hybridized carbons (Fsp3) is 0.316. The first-order valence-electron chi connectivity index (χ1n) is 8.00. The Morgan fingerprint density at radius 2 is 1.65 bits per heavy atom. The van der Waals surface area contributed by atoms with Crippen LogP contribution in [0, 0.1) is 0 Å². The highest BCUT2D eigenvalue weighted by atomic mass is 16.7. The van der Waals surface area contributed by atoms with Crippen LogP contribution in [0.25, 0.3) is 10.8 Å². The number of ether oxygens (including phenoxy) is 2. The molecule has 138 valence electrons. The van der Waals surface area contributed by atoms with E-state index >= 15 is 0 Å². The highest BCUT2D eigenvalue weighted by Gasteiger charge is 2.30. The van der Waals surface area contributed by atoms with E-state index in [1.54, 1.807) is 39.0 Å². The SMILES string of the molecule is CC(C)(C)N(CC(=O)O)C(=O)OCOC(=O)c1ccc2ccccc2c1. The van der Waals surface area contributed by atoms with Gasteiger partial charge in [0.2, 0.25) is 6.79 Å². The third kappa shape index (κ3) is 4.95. The Morgan fingerprint density at radius 3 is 2.27 bits per heavy atom. The molecule has 2 rings (SSSR count). The zero-order valence-electron chi connectivity index (χ0n) is 14.9.